The van der Waals surface area contributed by atoms with Gasteiger partial charge in [-0.05, 0) is 54.9 Å². The fourth-order valence-electron chi connectivity index (χ4n) is 4.01. The zero-order valence-corrected chi connectivity index (χ0v) is 19.9. The van der Waals surface area contributed by atoms with Crippen molar-refractivity contribution in [2.45, 2.75) is 78.2 Å². The molecule has 1 aliphatic heterocycles. The first-order valence-electron chi connectivity index (χ1n) is 12.2. The Kier molecular flexibility index (Phi) is 11.5. The monoisotopic (exact) mass is 434 g/mol. The number of rotatable bonds is 11. The lowest BCUT2D eigenvalue weighted by molar-refractivity contribution is -0.141. The summed E-state index contributed by atoms with van der Waals surface area (Å²) in [5.41, 5.74) is 3.55. The first kappa shape index (κ1) is 25.6. The van der Waals surface area contributed by atoms with Crippen molar-refractivity contribution in [2.24, 2.45) is 5.92 Å². The lowest BCUT2D eigenvalue weighted by Crippen LogP contribution is -2.16. The molecule has 0 saturated carbocycles. The van der Waals surface area contributed by atoms with Crippen molar-refractivity contribution in [3.8, 4) is 0 Å². The fraction of sp³-hybridized carbons (Fsp3) is 0.448. The summed E-state index contributed by atoms with van der Waals surface area (Å²) in [6, 6.07) is 18.6. The normalized spacial score (nSPS) is 17.7. The number of aryl methyl sites for hydroxylation is 2. The molecule has 1 heterocycles. The maximum absolute atomic E-state index is 12.7. The second kappa shape index (κ2) is 14.4. The predicted octanol–water partition coefficient (Wildman–Crippen LogP) is 7.20. The average Bonchev–Trinajstić information content (AvgIpc) is 3.23. The Bertz CT molecular complexity index is 836. The minimum absolute atomic E-state index is 0.00669. The molecule has 2 aromatic rings. The van der Waals surface area contributed by atoms with E-state index in [1.807, 2.05) is 38.1 Å². The highest BCUT2D eigenvalue weighted by Gasteiger charge is 2.39. The number of esters is 1. The molecular formula is C29H38O3. The number of allylic oxidation sites excluding steroid dienone is 2. The van der Waals surface area contributed by atoms with Crippen LogP contribution in [0.25, 0.3) is 0 Å². The number of cyclic esters (lactones) is 1. The smallest absolute Gasteiger partial charge is 0.307 e. The zero-order chi connectivity index (χ0) is 23.2. The van der Waals surface area contributed by atoms with Gasteiger partial charge in [-0.2, -0.15) is 0 Å². The van der Waals surface area contributed by atoms with Gasteiger partial charge in [0, 0.05) is 0 Å². The summed E-state index contributed by atoms with van der Waals surface area (Å²) in [6.45, 7) is 6.15. The minimum Gasteiger partial charge on any atom is -0.457 e. The van der Waals surface area contributed by atoms with E-state index < -0.39 is 12.0 Å². The van der Waals surface area contributed by atoms with Crippen LogP contribution in [0.1, 0.15) is 82.1 Å². The van der Waals surface area contributed by atoms with Crippen LogP contribution in [0.4, 0.5) is 0 Å². The molecule has 3 rings (SSSR count). The molecule has 1 aliphatic rings. The molecule has 0 radical (unpaired) electrons. The second-order valence-corrected chi connectivity index (χ2v) is 8.10. The Morgan fingerprint density at radius 2 is 1.62 bits per heavy atom. The number of hydrogen-bond acceptors (Lipinski definition) is 3. The van der Waals surface area contributed by atoms with E-state index in [9.17, 15) is 9.59 Å². The van der Waals surface area contributed by atoms with Gasteiger partial charge in [-0.25, -0.2) is 0 Å². The van der Waals surface area contributed by atoms with Crippen LogP contribution in [-0.2, 0) is 27.2 Å². The largest absolute Gasteiger partial charge is 0.457 e. The van der Waals surface area contributed by atoms with Gasteiger partial charge in [0.15, 0.2) is 5.78 Å². The maximum atomic E-state index is 12.7. The third-order valence-electron chi connectivity index (χ3n) is 5.68. The van der Waals surface area contributed by atoms with Crippen LogP contribution in [0.3, 0.4) is 0 Å². The molecule has 172 valence electrons. The van der Waals surface area contributed by atoms with Gasteiger partial charge in [-0.1, -0.05) is 94.3 Å². The Hall–Kier alpha value is -2.68. The SMILES string of the molecule is CC.CCCc1ccc([C@H]2OC(=O)C[C@@H]2C(=O)/C=C/CCCCCc2ccccc2)cc1. The van der Waals surface area contributed by atoms with Crippen LogP contribution in [0.2, 0.25) is 0 Å². The van der Waals surface area contributed by atoms with Gasteiger partial charge in [0.05, 0.1) is 12.3 Å². The molecule has 1 saturated heterocycles. The summed E-state index contributed by atoms with van der Waals surface area (Å²) >= 11 is 0. The first-order valence-corrected chi connectivity index (χ1v) is 12.2. The standard InChI is InChI=1S/C27H32O3.C2H6/c1-2-11-21-16-18-23(19-17-21)27-24(20-26(29)30-27)25(28)15-10-5-3-4-7-12-22-13-8-6-9-14-22;1-2/h6,8-10,13-19,24,27H,2-5,7,11-12,20H2,1H3;1-2H3/b15-10+;/t24-,27-;/m1./s1. The van der Waals surface area contributed by atoms with Crippen LogP contribution in [0.15, 0.2) is 66.7 Å². The molecule has 3 heteroatoms. The quantitative estimate of drug-likeness (QED) is 0.213. The van der Waals surface area contributed by atoms with Gasteiger partial charge in [0.25, 0.3) is 0 Å². The van der Waals surface area contributed by atoms with Crippen LogP contribution >= 0.6 is 0 Å². The topological polar surface area (TPSA) is 43.4 Å². The molecular weight excluding hydrogens is 396 g/mol. The fourth-order valence-corrected chi connectivity index (χ4v) is 4.01. The number of hydrogen-bond donors (Lipinski definition) is 0. The summed E-state index contributed by atoms with van der Waals surface area (Å²) in [5, 5.41) is 0. The molecule has 2 aromatic carbocycles. The second-order valence-electron chi connectivity index (χ2n) is 8.10. The van der Waals surface area contributed by atoms with E-state index in [0.717, 1.165) is 50.5 Å². The van der Waals surface area contributed by atoms with E-state index in [1.165, 1.54) is 11.1 Å². The highest BCUT2D eigenvalue weighted by atomic mass is 16.6. The Balaban J connectivity index is 0.00000176. The molecule has 3 nitrogen and oxygen atoms in total. The number of ether oxygens (including phenoxy) is 1. The lowest BCUT2D eigenvalue weighted by atomic mass is 9.90. The molecule has 1 fully saturated rings. The van der Waals surface area contributed by atoms with Crippen LogP contribution in [0.5, 0.6) is 0 Å². The molecule has 0 N–H and O–H groups in total. The van der Waals surface area contributed by atoms with E-state index in [2.05, 4.69) is 43.3 Å². The number of ketones is 1. The van der Waals surface area contributed by atoms with E-state index >= 15 is 0 Å². The number of carbonyl (C=O) groups excluding carboxylic acids is 2. The predicted molar refractivity (Wildman–Crippen MR) is 131 cm³/mol. The third-order valence-corrected chi connectivity index (χ3v) is 5.68. The summed E-state index contributed by atoms with van der Waals surface area (Å²) < 4.78 is 5.49. The highest BCUT2D eigenvalue weighted by Crippen LogP contribution is 2.36. The molecule has 2 atom stereocenters. The molecule has 0 aliphatic carbocycles. The van der Waals surface area contributed by atoms with Gasteiger partial charge >= 0.3 is 5.97 Å². The third kappa shape index (κ3) is 8.11. The Morgan fingerprint density at radius 1 is 0.938 bits per heavy atom. The summed E-state index contributed by atoms with van der Waals surface area (Å²) in [5.74, 6) is -0.707. The summed E-state index contributed by atoms with van der Waals surface area (Å²) in [4.78, 5) is 24.6. The number of benzene rings is 2. The Morgan fingerprint density at radius 3 is 2.31 bits per heavy atom. The van der Waals surface area contributed by atoms with Gasteiger partial charge in [-0.3, -0.25) is 9.59 Å². The van der Waals surface area contributed by atoms with Gasteiger partial charge in [0.1, 0.15) is 6.10 Å². The van der Waals surface area contributed by atoms with Gasteiger partial charge in [-0.15, -0.1) is 0 Å². The number of carbonyl (C=O) groups is 2. The van der Waals surface area contributed by atoms with Crippen LogP contribution < -0.4 is 0 Å². The zero-order valence-electron chi connectivity index (χ0n) is 19.9. The van der Waals surface area contributed by atoms with Crippen molar-refractivity contribution in [3.05, 3.63) is 83.4 Å². The molecule has 0 aromatic heterocycles. The summed E-state index contributed by atoms with van der Waals surface area (Å²) in [6.07, 6.45) is 10.8. The van der Waals surface area contributed by atoms with E-state index in [1.54, 1.807) is 6.08 Å². The van der Waals surface area contributed by atoms with E-state index in [4.69, 9.17) is 4.74 Å². The van der Waals surface area contributed by atoms with Gasteiger partial charge in [0.2, 0.25) is 0 Å². The molecule has 0 unspecified atom stereocenters. The van der Waals surface area contributed by atoms with Crippen molar-refractivity contribution in [1.82, 2.24) is 0 Å². The van der Waals surface area contributed by atoms with Crippen molar-refractivity contribution in [1.29, 1.82) is 0 Å². The van der Waals surface area contributed by atoms with Crippen molar-refractivity contribution in [3.63, 3.8) is 0 Å². The maximum Gasteiger partial charge on any atom is 0.307 e. The summed E-state index contributed by atoms with van der Waals surface area (Å²) in [7, 11) is 0. The minimum atomic E-state index is -0.462. The number of unbranched alkanes of at least 4 members (excludes halogenated alkanes) is 3. The first-order chi connectivity index (χ1) is 15.7. The van der Waals surface area contributed by atoms with Crippen molar-refractivity contribution >= 4 is 11.8 Å². The van der Waals surface area contributed by atoms with E-state index in [-0.39, 0.29) is 18.2 Å². The Labute approximate surface area is 193 Å². The van der Waals surface area contributed by atoms with Crippen molar-refractivity contribution in [2.75, 3.05) is 0 Å². The van der Waals surface area contributed by atoms with Gasteiger partial charge < -0.3 is 4.74 Å². The molecule has 0 amide bonds. The van der Waals surface area contributed by atoms with Crippen LogP contribution in [0, 0.1) is 5.92 Å². The molecule has 0 bridgehead atoms. The lowest BCUT2D eigenvalue weighted by Gasteiger charge is -2.16. The van der Waals surface area contributed by atoms with Crippen molar-refractivity contribution < 1.29 is 14.3 Å². The average molecular weight is 435 g/mol. The highest BCUT2D eigenvalue weighted by molar-refractivity contribution is 5.96. The molecule has 32 heavy (non-hydrogen) atoms. The van der Waals surface area contributed by atoms with Crippen LogP contribution in [-0.4, -0.2) is 11.8 Å². The molecule has 0 spiro atoms. The van der Waals surface area contributed by atoms with E-state index in [0.29, 0.717) is 0 Å².